The Labute approximate surface area is 148 Å². The second-order valence-electron chi connectivity index (χ2n) is 5.81. The molecule has 0 spiro atoms. The topological polar surface area (TPSA) is 113 Å². The number of aliphatic imine (C=N–C) groups is 1. The van der Waals surface area contributed by atoms with Crippen LogP contribution in [-0.2, 0) is 9.59 Å². The third kappa shape index (κ3) is 2.29. The Morgan fingerprint density at radius 1 is 1.04 bits per heavy atom. The highest BCUT2D eigenvalue weighted by Gasteiger charge is 2.36. The second kappa shape index (κ2) is 5.96. The number of aromatic amines is 1. The summed E-state index contributed by atoms with van der Waals surface area (Å²) in [5, 5.41) is 10.2. The van der Waals surface area contributed by atoms with Crippen LogP contribution in [0.4, 0.5) is 5.69 Å². The molecule has 0 aliphatic carbocycles. The lowest BCUT2D eigenvalue weighted by Crippen LogP contribution is -2.25. The third-order valence-corrected chi connectivity index (χ3v) is 4.31. The number of benzene rings is 2. The predicted octanol–water partition coefficient (Wildman–Crippen LogP) is 1.67. The summed E-state index contributed by atoms with van der Waals surface area (Å²) in [6.45, 7) is 0. The van der Waals surface area contributed by atoms with Crippen LogP contribution in [0.5, 0.6) is 0 Å². The molecule has 0 saturated heterocycles. The molecule has 1 aliphatic rings. The highest BCUT2D eigenvalue weighted by Crippen LogP contribution is 2.31. The molecule has 2 aromatic carbocycles. The molecule has 1 aromatic heterocycles. The fourth-order valence-corrected chi connectivity index (χ4v) is 3.14. The molecule has 26 heavy (non-hydrogen) atoms. The number of hydrogen-bond donors (Lipinski definition) is 3. The van der Waals surface area contributed by atoms with Gasteiger partial charge in [-0.3, -0.25) is 25.0 Å². The molecule has 4 rings (SSSR count). The van der Waals surface area contributed by atoms with E-state index in [4.69, 9.17) is 5.73 Å². The number of carbonyl (C=O) groups excluding carboxylic acids is 2. The molecule has 0 radical (unpaired) electrons. The number of anilines is 1. The molecule has 128 valence electrons. The molecule has 7 nitrogen and oxygen atoms in total. The summed E-state index contributed by atoms with van der Waals surface area (Å²) in [5.74, 6) is -1.01. The van der Waals surface area contributed by atoms with Crippen molar-refractivity contribution in [3.63, 3.8) is 0 Å². The average molecular weight is 345 g/mol. The minimum Gasteiger partial charge on any atom is -0.398 e. The first kappa shape index (κ1) is 15.8. The summed E-state index contributed by atoms with van der Waals surface area (Å²) in [7, 11) is 1.56. The van der Waals surface area contributed by atoms with Gasteiger partial charge >= 0.3 is 0 Å². The molecule has 3 aromatic rings. The number of nitrogens with one attached hydrogen (secondary N) is 2. The van der Waals surface area contributed by atoms with Gasteiger partial charge in [-0.2, -0.15) is 5.10 Å². The van der Waals surface area contributed by atoms with Crippen LogP contribution in [0.2, 0.25) is 0 Å². The Morgan fingerprint density at radius 2 is 1.77 bits per heavy atom. The molecule has 0 saturated carbocycles. The summed E-state index contributed by atoms with van der Waals surface area (Å²) in [6, 6.07) is 14.5. The molecule has 0 bridgehead atoms. The van der Waals surface area contributed by atoms with Gasteiger partial charge in [0.25, 0.3) is 11.8 Å². The van der Waals surface area contributed by atoms with Crippen molar-refractivity contribution < 1.29 is 9.59 Å². The normalized spacial score (nSPS) is 15.0. The van der Waals surface area contributed by atoms with Crippen LogP contribution in [-0.4, -0.2) is 34.8 Å². The number of imide groups is 1. The standard InChI is InChI=1S/C19H15N5O2/c1-21-16(10-6-2-4-8-12(10)20)14-15(19(26)22-18(14)25)17-11-7-3-5-9-13(11)23-24-17/h2-9H,20H2,1H3,(H,23,24)(H,22,25,26). The fourth-order valence-electron chi connectivity index (χ4n) is 3.14. The van der Waals surface area contributed by atoms with E-state index in [0.717, 1.165) is 10.9 Å². The van der Waals surface area contributed by atoms with Crippen molar-refractivity contribution in [2.24, 2.45) is 4.99 Å². The summed E-state index contributed by atoms with van der Waals surface area (Å²) in [6.07, 6.45) is 0. The number of nitrogens with two attached hydrogens (primary N) is 1. The van der Waals surface area contributed by atoms with E-state index >= 15 is 0 Å². The van der Waals surface area contributed by atoms with Gasteiger partial charge in [-0.25, -0.2) is 0 Å². The fraction of sp³-hybridized carbons (Fsp3) is 0.0526. The number of carbonyl (C=O) groups is 2. The maximum absolute atomic E-state index is 12.6. The van der Waals surface area contributed by atoms with Gasteiger partial charge in [0, 0.05) is 23.7 Å². The van der Waals surface area contributed by atoms with Crippen molar-refractivity contribution in [1.29, 1.82) is 0 Å². The minimum absolute atomic E-state index is 0.174. The first-order valence-electron chi connectivity index (χ1n) is 7.97. The summed E-state index contributed by atoms with van der Waals surface area (Å²) in [5.41, 5.74) is 9.02. The summed E-state index contributed by atoms with van der Waals surface area (Å²) < 4.78 is 0. The zero-order valence-electron chi connectivity index (χ0n) is 13.9. The Morgan fingerprint density at radius 3 is 2.54 bits per heavy atom. The zero-order valence-corrected chi connectivity index (χ0v) is 13.9. The molecule has 7 heteroatoms. The van der Waals surface area contributed by atoms with Gasteiger partial charge in [0.15, 0.2) is 0 Å². The van der Waals surface area contributed by atoms with Gasteiger partial charge in [0.05, 0.1) is 22.4 Å². The smallest absolute Gasteiger partial charge is 0.261 e. The van der Waals surface area contributed by atoms with E-state index < -0.39 is 11.8 Å². The van der Waals surface area contributed by atoms with Crippen LogP contribution in [0.15, 0.2) is 59.1 Å². The molecule has 0 fully saturated rings. The highest BCUT2D eigenvalue weighted by molar-refractivity contribution is 6.48. The maximum atomic E-state index is 12.6. The van der Waals surface area contributed by atoms with Crippen molar-refractivity contribution in [3.05, 3.63) is 65.4 Å². The molecule has 4 N–H and O–H groups in total. The van der Waals surface area contributed by atoms with Gasteiger partial charge in [-0.1, -0.05) is 36.4 Å². The number of H-pyrrole nitrogens is 1. The lowest BCUT2D eigenvalue weighted by atomic mass is 9.95. The van der Waals surface area contributed by atoms with Gasteiger partial charge in [0.1, 0.15) is 5.69 Å². The van der Waals surface area contributed by atoms with Crippen LogP contribution in [0.1, 0.15) is 11.3 Å². The van der Waals surface area contributed by atoms with E-state index in [1.807, 2.05) is 24.3 Å². The van der Waals surface area contributed by atoms with Gasteiger partial charge < -0.3 is 5.73 Å². The first-order valence-corrected chi connectivity index (χ1v) is 7.97. The first-order chi connectivity index (χ1) is 12.6. The summed E-state index contributed by atoms with van der Waals surface area (Å²) >= 11 is 0. The van der Waals surface area contributed by atoms with Crippen LogP contribution in [0, 0.1) is 0 Å². The predicted molar refractivity (Wildman–Crippen MR) is 99.5 cm³/mol. The number of rotatable bonds is 3. The number of nitrogen functional groups attached to an aromatic ring is 1. The Balaban J connectivity index is 2.01. The Bertz CT molecular complexity index is 1120. The molecule has 2 heterocycles. The maximum Gasteiger partial charge on any atom is 0.261 e. The monoisotopic (exact) mass is 345 g/mol. The lowest BCUT2D eigenvalue weighted by molar-refractivity contribution is -0.123. The van der Waals surface area contributed by atoms with Crippen molar-refractivity contribution in [1.82, 2.24) is 15.5 Å². The minimum atomic E-state index is -0.513. The van der Waals surface area contributed by atoms with Crippen molar-refractivity contribution in [3.8, 4) is 0 Å². The van der Waals surface area contributed by atoms with Crippen molar-refractivity contribution in [2.75, 3.05) is 12.8 Å². The number of nitrogens with zero attached hydrogens (tertiary/aromatic N) is 2. The largest absolute Gasteiger partial charge is 0.398 e. The number of aromatic nitrogens is 2. The molecular formula is C19H15N5O2. The number of amides is 2. The highest BCUT2D eigenvalue weighted by atomic mass is 16.2. The SMILES string of the molecule is CN=C(C1=C(c2n[nH]c3ccccc23)C(=O)NC1=O)c1ccccc1N. The van der Waals surface area contributed by atoms with Crippen molar-refractivity contribution in [2.45, 2.75) is 0 Å². The Kier molecular flexibility index (Phi) is 3.62. The van der Waals surface area contributed by atoms with Crippen LogP contribution < -0.4 is 11.1 Å². The molecular weight excluding hydrogens is 330 g/mol. The van der Waals surface area contributed by atoms with Gasteiger partial charge in [-0.15, -0.1) is 0 Å². The average Bonchev–Trinajstić information content (AvgIpc) is 3.18. The van der Waals surface area contributed by atoms with Crippen LogP contribution >= 0.6 is 0 Å². The van der Waals surface area contributed by atoms with Gasteiger partial charge in [0.2, 0.25) is 0 Å². The number of hydrogen-bond acceptors (Lipinski definition) is 5. The number of fused-ring (bicyclic) bond motifs is 1. The molecule has 2 amide bonds. The molecule has 0 atom stereocenters. The van der Waals surface area contributed by atoms with Crippen LogP contribution in [0.25, 0.3) is 16.5 Å². The summed E-state index contributed by atoms with van der Waals surface area (Å²) in [4.78, 5) is 29.4. The van der Waals surface area contributed by atoms with E-state index in [0.29, 0.717) is 22.7 Å². The van der Waals surface area contributed by atoms with E-state index in [-0.39, 0.29) is 11.1 Å². The lowest BCUT2D eigenvalue weighted by Gasteiger charge is -2.09. The van der Waals surface area contributed by atoms with E-state index in [2.05, 4.69) is 20.5 Å². The van der Waals surface area contributed by atoms with E-state index in [9.17, 15) is 9.59 Å². The van der Waals surface area contributed by atoms with E-state index in [1.165, 1.54) is 0 Å². The van der Waals surface area contributed by atoms with Crippen LogP contribution in [0.3, 0.4) is 0 Å². The molecule has 0 unspecified atom stereocenters. The molecule has 1 aliphatic heterocycles. The second-order valence-corrected chi connectivity index (χ2v) is 5.81. The number of para-hydroxylation sites is 2. The third-order valence-electron chi connectivity index (χ3n) is 4.31. The zero-order chi connectivity index (χ0) is 18.3. The quantitative estimate of drug-likeness (QED) is 0.381. The van der Waals surface area contributed by atoms with Gasteiger partial charge in [-0.05, 0) is 12.1 Å². The Hall–Kier alpha value is -3.74. The van der Waals surface area contributed by atoms with E-state index in [1.54, 1.807) is 31.3 Å². The van der Waals surface area contributed by atoms with Crippen molar-refractivity contribution >= 4 is 39.7 Å².